The van der Waals surface area contributed by atoms with Gasteiger partial charge in [0, 0.05) is 55.9 Å². The van der Waals surface area contributed by atoms with Crippen molar-refractivity contribution in [1.82, 2.24) is 29.8 Å². The number of urea groups is 1. The van der Waals surface area contributed by atoms with E-state index < -0.39 is 17.7 Å². The summed E-state index contributed by atoms with van der Waals surface area (Å²) < 4.78 is 36.1. The van der Waals surface area contributed by atoms with Gasteiger partial charge in [-0.2, -0.15) is 10.2 Å². The van der Waals surface area contributed by atoms with E-state index in [2.05, 4.69) is 20.6 Å². The molecule has 43 heavy (non-hydrogen) atoms. The van der Waals surface area contributed by atoms with E-state index in [4.69, 9.17) is 9.84 Å². The first-order valence-corrected chi connectivity index (χ1v) is 14.3. The highest BCUT2D eigenvalue weighted by molar-refractivity contribution is 5.91. The molecule has 10 nitrogen and oxygen atoms in total. The molecule has 6 rings (SSSR count). The van der Waals surface area contributed by atoms with E-state index in [0.717, 1.165) is 24.6 Å². The molecule has 2 atom stereocenters. The Morgan fingerprint density at radius 1 is 1.07 bits per heavy atom. The SMILES string of the molecule is COCCN1C[C@@H](NC(=O)Nc2c(C)c(-c3cnn(C(=O)C4CC4)c3)nn2-c2ccccc2)[C@H](c2ccc(F)c(F)c2)C1. The van der Waals surface area contributed by atoms with Gasteiger partial charge < -0.3 is 10.1 Å². The minimum Gasteiger partial charge on any atom is -0.383 e. The first-order chi connectivity index (χ1) is 20.8. The molecular formula is C31H33F2N7O3. The third-order valence-electron chi connectivity index (χ3n) is 8.06. The number of hydrogen-bond donors (Lipinski definition) is 2. The van der Waals surface area contributed by atoms with Crippen LogP contribution in [0.25, 0.3) is 16.9 Å². The Morgan fingerprint density at radius 2 is 1.86 bits per heavy atom. The standard InChI is InChI=1S/C31H33F2N7O3/c1-19-28(22-15-34-39(16-22)30(41)20-8-9-20)37-40(23-6-4-3-5-7-23)29(19)36-31(42)35-27-18-38(12-13-43-2)17-24(27)21-10-11-25(32)26(33)14-21/h3-7,10-11,14-16,20,24,27H,8-9,12-13,17-18H2,1-2H3,(H2,35,36,42)/t24-,27+/m0/s1. The highest BCUT2D eigenvalue weighted by Gasteiger charge is 2.36. The molecule has 0 bridgehead atoms. The van der Waals surface area contributed by atoms with Crippen molar-refractivity contribution in [3.63, 3.8) is 0 Å². The molecule has 1 saturated heterocycles. The van der Waals surface area contributed by atoms with Crippen LogP contribution in [0.1, 0.15) is 34.7 Å². The smallest absolute Gasteiger partial charge is 0.320 e. The summed E-state index contributed by atoms with van der Waals surface area (Å²) in [6.07, 6.45) is 5.03. The van der Waals surface area contributed by atoms with Gasteiger partial charge in [-0.1, -0.05) is 24.3 Å². The third kappa shape index (κ3) is 6.06. The van der Waals surface area contributed by atoms with E-state index in [-0.39, 0.29) is 23.8 Å². The summed E-state index contributed by atoms with van der Waals surface area (Å²) in [5.41, 5.74) is 3.28. The van der Waals surface area contributed by atoms with Gasteiger partial charge in [0.15, 0.2) is 11.6 Å². The summed E-state index contributed by atoms with van der Waals surface area (Å²) in [6, 6.07) is 12.4. The molecule has 1 saturated carbocycles. The van der Waals surface area contributed by atoms with Crippen LogP contribution in [0.4, 0.5) is 19.4 Å². The van der Waals surface area contributed by atoms with E-state index in [1.807, 2.05) is 37.3 Å². The second-order valence-corrected chi connectivity index (χ2v) is 11.1. The maximum absolute atomic E-state index is 14.1. The molecule has 2 aromatic carbocycles. The number of carbonyl (C=O) groups is 2. The van der Waals surface area contributed by atoms with Crippen LogP contribution in [-0.2, 0) is 4.74 Å². The number of methoxy groups -OCH3 is 1. The summed E-state index contributed by atoms with van der Waals surface area (Å²) in [4.78, 5) is 28.2. The van der Waals surface area contributed by atoms with Crippen LogP contribution in [-0.4, -0.2) is 75.8 Å². The molecule has 2 fully saturated rings. The van der Waals surface area contributed by atoms with Gasteiger partial charge in [0.2, 0.25) is 5.91 Å². The molecule has 2 aromatic heterocycles. The van der Waals surface area contributed by atoms with Gasteiger partial charge >= 0.3 is 6.03 Å². The highest BCUT2D eigenvalue weighted by atomic mass is 19.2. The Bertz CT molecular complexity index is 1630. The first-order valence-electron chi connectivity index (χ1n) is 14.3. The van der Waals surface area contributed by atoms with Crippen molar-refractivity contribution >= 4 is 17.8 Å². The molecule has 4 aromatic rings. The molecule has 3 heterocycles. The number of anilines is 1. The molecule has 0 unspecified atom stereocenters. The lowest BCUT2D eigenvalue weighted by atomic mass is 9.94. The lowest BCUT2D eigenvalue weighted by Crippen LogP contribution is -2.42. The molecule has 1 aliphatic carbocycles. The molecule has 2 aliphatic rings. The van der Waals surface area contributed by atoms with Gasteiger partial charge in [-0.05, 0) is 49.6 Å². The van der Waals surface area contributed by atoms with Gasteiger partial charge in [-0.3, -0.25) is 15.0 Å². The summed E-state index contributed by atoms with van der Waals surface area (Å²) in [5, 5.41) is 15.1. The number of ether oxygens (including phenoxy) is 1. The summed E-state index contributed by atoms with van der Waals surface area (Å²) in [6.45, 7) is 4.05. The maximum Gasteiger partial charge on any atom is 0.320 e. The van der Waals surface area contributed by atoms with Crippen molar-refractivity contribution in [2.45, 2.75) is 31.7 Å². The Morgan fingerprint density at radius 3 is 2.58 bits per heavy atom. The van der Waals surface area contributed by atoms with E-state index in [1.54, 1.807) is 30.3 Å². The van der Waals surface area contributed by atoms with Crippen LogP contribution < -0.4 is 10.6 Å². The predicted octanol–water partition coefficient (Wildman–Crippen LogP) is 4.61. The van der Waals surface area contributed by atoms with Crippen molar-refractivity contribution < 1.29 is 23.1 Å². The van der Waals surface area contributed by atoms with Crippen molar-refractivity contribution in [3.05, 3.63) is 83.7 Å². The molecule has 12 heteroatoms. The van der Waals surface area contributed by atoms with Crippen molar-refractivity contribution in [2.24, 2.45) is 5.92 Å². The van der Waals surface area contributed by atoms with E-state index in [9.17, 15) is 18.4 Å². The van der Waals surface area contributed by atoms with Crippen LogP contribution >= 0.6 is 0 Å². The quantitative estimate of drug-likeness (QED) is 0.296. The van der Waals surface area contributed by atoms with Crippen LogP contribution in [0, 0.1) is 24.5 Å². The van der Waals surface area contributed by atoms with Gasteiger partial charge in [0.05, 0.1) is 24.5 Å². The second kappa shape index (κ2) is 12.1. The molecule has 224 valence electrons. The highest BCUT2D eigenvalue weighted by Crippen LogP contribution is 2.33. The maximum atomic E-state index is 14.1. The van der Waals surface area contributed by atoms with Crippen molar-refractivity contribution in [2.75, 3.05) is 38.7 Å². The lowest BCUT2D eigenvalue weighted by molar-refractivity contribution is 0.0870. The number of aromatic nitrogens is 4. The molecule has 0 radical (unpaired) electrons. The number of rotatable bonds is 9. The second-order valence-electron chi connectivity index (χ2n) is 11.1. The van der Waals surface area contributed by atoms with Gasteiger partial charge in [-0.25, -0.2) is 22.9 Å². The molecule has 0 spiro atoms. The lowest BCUT2D eigenvalue weighted by Gasteiger charge is -2.21. The monoisotopic (exact) mass is 589 g/mol. The molecule has 2 amide bonds. The Labute approximate surface area is 247 Å². The Kier molecular flexibility index (Phi) is 8.04. The zero-order valence-corrected chi connectivity index (χ0v) is 24.0. The molecule has 2 N–H and O–H groups in total. The van der Waals surface area contributed by atoms with Gasteiger partial charge in [-0.15, -0.1) is 0 Å². The normalized spacial score (nSPS) is 18.6. The third-order valence-corrected chi connectivity index (χ3v) is 8.06. The van der Waals surface area contributed by atoms with Crippen LogP contribution in [0.15, 0.2) is 60.9 Å². The largest absolute Gasteiger partial charge is 0.383 e. The minimum absolute atomic E-state index is 0.0212. The minimum atomic E-state index is -0.923. The van der Waals surface area contributed by atoms with Crippen LogP contribution in [0.3, 0.4) is 0 Å². The zero-order chi connectivity index (χ0) is 30.1. The number of para-hydroxylation sites is 1. The fraction of sp³-hybridized carbons (Fsp3) is 0.355. The van der Waals surface area contributed by atoms with Crippen molar-refractivity contribution in [3.8, 4) is 16.9 Å². The molecule has 1 aliphatic heterocycles. The van der Waals surface area contributed by atoms with Crippen LogP contribution in [0.2, 0.25) is 0 Å². The number of carbonyl (C=O) groups excluding carboxylic acids is 2. The fourth-order valence-corrected chi connectivity index (χ4v) is 5.58. The average molecular weight is 590 g/mol. The Balaban J connectivity index is 1.27. The first kappa shape index (κ1) is 28.7. The van der Waals surface area contributed by atoms with E-state index in [1.165, 1.54) is 10.7 Å². The number of halogens is 2. The van der Waals surface area contributed by atoms with E-state index >= 15 is 0 Å². The topological polar surface area (TPSA) is 106 Å². The summed E-state index contributed by atoms with van der Waals surface area (Å²) >= 11 is 0. The van der Waals surface area contributed by atoms with E-state index in [0.29, 0.717) is 54.4 Å². The summed E-state index contributed by atoms with van der Waals surface area (Å²) in [5.74, 6) is -1.65. The summed E-state index contributed by atoms with van der Waals surface area (Å²) in [7, 11) is 1.62. The number of likely N-dealkylation sites (tertiary alicyclic amines) is 1. The van der Waals surface area contributed by atoms with Gasteiger partial charge in [0.1, 0.15) is 11.5 Å². The molecular weight excluding hydrogens is 556 g/mol. The number of nitrogens with one attached hydrogen (secondary N) is 2. The fourth-order valence-electron chi connectivity index (χ4n) is 5.58. The number of amides is 2. The number of nitrogens with zero attached hydrogens (tertiary/aromatic N) is 5. The predicted molar refractivity (Wildman–Crippen MR) is 156 cm³/mol. The van der Waals surface area contributed by atoms with Crippen LogP contribution in [0.5, 0.6) is 0 Å². The Hall–Kier alpha value is -4.42. The number of benzene rings is 2. The zero-order valence-electron chi connectivity index (χ0n) is 24.0. The average Bonchev–Trinajstić information content (AvgIpc) is 3.48. The van der Waals surface area contributed by atoms with Crippen molar-refractivity contribution in [1.29, 1.82) is 0 Å². The van der Waals surface area contributed by atoms with Gasteiger partial charge in [0.25, 0.3) is 0 Å². The number of hydrogen-bond acceptors (Lipinski definition) is 6.